The molecule has 78 valence electrons. The summed E-state index contributed by atoms with van der Waals surface area (Å²) in [5, 5.41) is 9.92. The molecule has 0 aliphatic rings. The lowest BCUT2D eigenvalue weighted by molar-refractivity contribution is 0.458. The third kappa shape index (κ3) is 2.40. The standard InChI is InChI=1S/C8H4Br3N3O/c9-4-1-2-5(8(11)7(4)10)15-6-3-12-14-13-6/h1-3H,(H,12,13,14). The zero-order valence-electron chi connectivity index (χ0n) is 7.17. The molecule has 0 spiro atoms. The summed E-state index contributed by atoms with van der Waals surface area (Å²) < 4.78 is 8.14. The number of nitrogens with one attached hydrogen (secondary N) is 1. The molecular formula is C8H4Br3N3O. The Bertz CT molecular complexity index is 472. The molecule has 1 heterocycles. The lowest BCUT2D eigenvalue weighted by Crippen LogP contribution is -1.86. The first kappa shape index (κ1) is 11.1. The van der Waals surface area contributed by atoms with Crippen molar-refractivity contribution in [3.8, 4) is 11.6 Å². The van der Waals surface area contributed by atoms with E-state index in [1.165, 1.54) is 6.20 Å². The van der Waals surface area contributed by atoms with Crippen LogP contribution in [0.2, 0.25) is 0 Å². The summed E-state index contributed by atoms with van der Waals surface area (Å²) in [5.41, 5.74) is 0. The van der Waals surface area contributed by atoms with Crippen molar-refractivity contribution < 1.29 is 4.74 Å². The molecule has 2 rings (SSSR count). The van der Waals surface area contributed by atoms with Gasteiger partial charge in [-0.15, -0.1) is 5.10 Å². The minimum absolute atomic E-state index is 0.421. The zero-order valence-corrected chi connectivity index (χ0v) is 11.9. The van der Waals surface area contributed by atoms with Crippen LogP contribution in [0.15, 0.2) is 31.7 Å². The number of aromatic nitrogens is 3. The molecule has 0 saturated heterocycles. The summed E-state index contributed by atoms with van der Waals surface area (Å²) in [4.78, 5) is 0. The minimum Gasteiger partial charge on any atom is -0.435 e. The third-order valence-corrected chi connectivity index (χ3v) is 4.94. The highest BCUT2D eigenvalue weighted by Gasteiger charge is 2.10. The number of hydrogen-bond donors (Lipinski definition) is 1. The lowest BCUT2D eigenvalue weighted by atomic mass is 10.3. The number of halogens is 3. The monoisotopic (exact) mass is 395 g/mol. The molecule has 0 unspecified atom stereocenters. The van der Waals surface area contributed by atoms with Crippen molar-refractivity contribution >= 4 is 47.8 Å². The first-order valence-corrected chi connectivity index (χ1v) is 6.23. The van der Waals surface area contributed by atoms with Gasteiger partial charge in [-0.25, -0.2) is 0 Å². The van der Waals surface area contributed by atoms with E-state index in [1.54, 1.807) is 0 Å². The molecule has 0 atom stereocenters. The van der Waals surface area contributed by atoms with Crippen molar-refractivity contribution in [3.63, 3.8) is 0 Å². The summed E-state index contributed by atoms with van der Waals surface area (Å²) in [5.74, 6) is 1.09. The van der Waals surface area contributed by atoms with E-state index in [0.717, 1.165) is 13.4 Å². The maximum absolute atomic E-state index is 5.48. The largest absolute Gasteiger partial charge is 0.435 e. The highest BCUT2D eigenvalue weighted by Crippen LogP contribution is 2.39. The van der Waals surface area contributed by atoms with E-state index < -0.39 is 0 Å². The lowest BCUT2D eigenvalue weighted by Gasteiger charge is -2.06. The van der Waals surface area contributed by atoms with E-state index >= 15 is 0 Å². The summed E-state index contributed by atoms with van der Waals surface area (Å²) in [6.45, 7) is 0. The molecule has 0 amide bonds. The molecule has 4 nitrogen and oxygen atoms in total. The Morgan fingerprint density at radius 1 is 1.13 bits per heavy atom. The molecule has 0 aliphatic heterocycles. The van der Waals surface area contributed by atoms with Gasteiger partial charge in [-0.2, -0.15) is 10.3 Å². The van der Waals surface area contributed by atoms with Crippen LogP contribution in [-0.4, -0.2) is 15.4 Å². The Kier molecular flexibility index (Phi) is 3.42. The molecular weight excluding hydrogens is 394 g/mol. The number of rotatable bonds is 2. The first-order valence-electron chi connectivity index (χ1n) is 3.85. The van der Waals surface area contributed by atoms with Crippen LogP contribution in [0.3, 0.4) is 0 Å². The van der Waals surface area contributed by atoms with Gasteiger partial charge in [-0.05, 0) is 59.9 Å². The van der Waals surface area contributed by atoms with Gasteiger partial charge in [-0.1, -0.05) is 0 Å². The van der Waals surface area contributed by atoms with Crippen LogP contribution in [-0.2, 0) is 0 Å². The van der Waals surface area contributed by atoms with Crippen molar-refractivity contribution in [2.24, 2.45) is 0 Å². The van der Waals surface area contributed by atoms with Gasteiger partial charge in [0.25, 0.3) is 5.88 Å². The van der Waals surface area contributed by atoms with Gasteiger partial charge in [-0.3, -0.25) is 0 Å². The zero-order chi connectivity index (χ0) is 10.8. The Morgan fingerprint density at radius 2 is 1.93 bits per heavy atom. The summed E-state index contributed by atoms with van der Waals surface area (Å²) >= 11 is 10.2. The smallest absolute Gasteiger partial charge is 0.258 e. The number of ether oxygens (including phenoxy) is 1. The van der Waals surface area contributed by atoms with Crippen molar-refractivity contribution in [2.45, 2.75) is 0 Å². The maximum Gasteiger partial charge on any atom is 0.258 e. The van der Waals surface area contributed by atoms with E-state index in [9.17, 15) is 0 Å². The Labute approximate surface area is 111 Å². The minimum atomic E-state index is 0.421. The summed E-state index contributed by atoms with van der Waals surface area (Å²) in [7, 11) is 0. The molecule has 0 radical (unpaired) electrons. The highest BCUT2D eigenvalue weighted by atomic mass is 79.9. The summed E-state index contributed by atoms with van der Waals surface area (Å²) in [6.07, 6.45) is 1.50. The molecule has 0 saturated carbocycles. The normalized spacial score (nSPS) is 10.3. The van der Waals surface area contributed by atoms with E-state index in [-0.39, 0.29) is 0 Å². The van der Waals surface area contributed by atoms with Crippen LogP contribution in [0.4, 0.5) is 0 Å². The molecule has 0 fully saturated rings. The Balaban J connectivity index is 2.34. The van der Waals surface area contributed by atoms with Gasteiger partial charge in [0.1, 0.15) is 11.9 Å². The van der Waals surface area contributed by atoms with Gasteiger partial charge in [0, 0.05) is 8.95 Å². The topological polar surface area (TPSA) is 50.8 Å². The van der Waals surface area contributed by atoms with Crippen LogP contribution in [0.1, 0.15) is 0 Å². The Hall–Kier alpha value is -0.400. The van der Waals surface area contributed by atoms with Crippen molar-refractivity contribution in [1.82, 2.24) is 15.4 Å². The highest BCUT2D eigenvalue weighted by molar-refractivity contribution is 9.14. The first-order chi connectivity index (χ1) is 7.18. The number of hydrogen-bond acceptors (Lipinski definition) is 3. The third-order valence-electron chi connectivity index (χ3n) is 1.61. The van der Waals surface area contributed by atoms with Crippen LogP contribution in [0.25, 0.3) is 0 Å². The maximum atomic E-state index is 5.48. The average molecular weight is 398 g/mol. The van der Waals surface area contributed by atoms with Crippen LogP contribution in [0, 0.1) is 0 Å². The quantitative estimate of drug-likeness (QED) is 0.782. The molecule has 2 aromatic rings. The fraction of sp³-hybridized carbons (Fsp3) is 0. The number of benzene rings is 1. The number of nitrogens with zero attached hydrogens (tertiary/aromatic N) is 2. The Morgan fingerprint density at radius 3 is 2.60 bits per heavy atom. The molecule has 1 aromatic heterocycles. The fourth-order valence-corrected chi connectivity index (χ4v) is 2.29. The number of H-pyrrole nitrogens is 1. The van der Waals surface area contributed by atoms with E-state index in [4.69, 9.17) is 4.74 Å². The summed E-state index contributed by atoms with van der Waals surface area (Å²) in [6, 6.07) is 3.71. The van der Waals surface area contributed by atoms with Gasteiger partial charge in [0.15, 0.2) is 0 Å². The van der Waals surface area contributed by atoms with Gasteiger partial charge in [0.05, 0.1) is 4.47 Å². The molecule has 7 heteroatoms. The van der Waals surface area contributed by atoms with E-state index in [2.05, 4.69) is 63.2 Å². The van der Waals surface area contributed by atoms with Gasteiger partial charge in [0.2, 0.25) is 0 Å². The van der Waals surface area contributed by atoms with E-state index in [0.29, 0.717) is 11.6 Å². The van der Waals surface area contributed by atoms with Crippen LogP contribution in [0.5, 0.6) is 11.6 Å². The number of aromatic amines is 1. The molecule has 0 aliphatic carbocycles. The van der Waals surface area contributed by atoms with Crippen molar-refractivity contribution in [2.75, 3.05) is 0 Å². The van der Waals surface area contributed by atoms with Crippen molar-refractivity contribution in [3.05, 3.63) is 31.7 Å². The molecule has 1 N–H and O–H groups in total. The predicted octanol–water partition coefficient (Wildman–Crippen LogP) is 3.88. The average Bonchev–Trinajstić information content (AvgIpc) is 2.72. The van der Waals surface area contributed by atoms with E-state index in [1.807, 2.05) is 12.1 Å². The second-order valence-corrected chi connectivity index (χ2v) is 5.02. The van der Waals surface area contributed by atoms with Gasteiger partial charge >= 0.3 is 0 Å². The second kappa shape index (κ2) is 4.63. The SMILES string of the molecule is Brc1ccc(Oc2cn[nH]n2)c(Br)c1Br. The van der Waals surface area contributed by atoms with Gasteiger partial charge < -0.3 is 4.74 Å². The van der Waals surface area contributed by atoms with Crippen LogP contribution < -0.4 is 4.74 Å². The predicted molar refractivity (Wildman–Crippen MR) is 66.0 cm³/mol. The van der Waals surface area contributed by atoms with Crippen molar-refractivity contribution in [1.29, 1.82) is 0 Å². The van der Waals surface area contributed by atoms with Crippen LogP contribution >= 0.6 is 47.8 Å². The molecule has 1 aromatic carbocycles. The fourth-order valence-electron chi connectivity index (χ4n) is 0.940. The second-order valence-electron chi connectivity index (χ2n) is 2.58. The molecule has 0 bridgehead atoms. The molecule has 15 heavy (non-hydrogen) atoms.